The Hall–Kier alpha value is -2.03. The normalized spacial score (nSPS) is 11.5. The number of rotatable bonds is 7. The predicted octanol–water partition coefficient (Wildman–Crippen LogP) is 1.34. The van der Waals surface area contributed by atoms with Crippen LogP contribution in [0.2, 0.25) is 0 Å². The van der Waals surface area contributed by atoms with Crippen molar-refractivity contribution in [1.82, 2.24) is 20.8 Å². The van der Waals surface area contributed by atoms with Crippen LogP contribution in [0.3, 0.4) is 0 Å². The van der Waals surface area contributed by atoms with Gasteiger partial charge in [0.05, 0.1) is 19.1 Å². The molecular formula is C16H22ClN5O2S. The Labute approximate surface area is 156 Å². The molecule has 9 heteroatoms. The van der Waals surface area contributed by atoms with Crippen molar-refractivity contribution in [3.8, 4) is 10.6 Å². The van der Waals surface area contributed by atoms with E-state index in [0.29, 0.717) is 5.01 Å². The summed E-state index contributed by atoms with van der Waals surface area (Å²) in [6.07, 6.45) is 0. The average molecular weight is 384 g/mol. The second-order valence-electron chi connectivity index (χ2n) is 5.63. The number of nitrogens with one attached hydrogen (secondary N) is 2. The predicted molar refractivity (Wildman–Crippen MR) is 100 cm³/mol. The molecule has 2 rings (SSSR count). The minimum absolute atomic E-state index is 0. The molecule has 1 atom stereocenters. The quantitative estimate of drug-likeness (QED) is 0.668. The maximum atomic E-state index is 11.8. The molecule has 0 radical (unpaired) electrons. The van der Waals surface area contributed by atoms with E-state index in [1.165, 1.54) is 11.3 Å². The molecule has 0 spiro atoms. The molecule has 1 aromatic heterocycles. The van der Waals surface area contributed by atoms with Gasteiger partial charge >= 0.3 is 0 Å². The van der Waals surface area contributed by atoms with Crippen LogP contribution in [0.15, 0.2) is 30.3 Å². The summed E-state index contributed by atoms with van der Waals surface area (Å²) in [7, 11) is 0. The third-order valence-electron chi connectivity index (χ3n) is 3.37. The maximum Gasteiger partial charge on any atom is 0.239 e. The van der Waals surface area contributed by atoms with Gasteiger partial charge in [0.15, 0.2) is 0 Å². The Balaban J connectivity index is 0.00000312. The second kappa shape index (κ2) is 10.1. The van der Waals surface area contributed by atoms with Crippen LogP contribution < -0.4 is 16.4 Å². The van der Waals surface area contributed by atoms with Gasteiger partial charge < -0.3 is 16.4 Å². The Morgan fingerprint density at radius 1 is 1.16 bits per heavy atom. The van der Waals surface area contributed by atoms with Crippen LogP contribution in [0.1, 0.15) is 18.9 Å². The molecule has 4 N–H and O–H groups in total. The van der Waals surface area contributed by atoms with Crippen LogP contribution in [0.25, 0.3) is 10.6 Å². The first kappa shape index (κ1) is 21.0. The standard InChI is InChI=1S/C16H21N5O2S.ClH/c1-10(2)14(17)15(23)19-8-12(22)18-9-13-20-21-16(24-13)11-6-4-3-5-7-11;/h3-7,10,14H,8-9,17H2,1-2H3,(H,18,22)(H,19,23);1H/t14-;/m0./s1. The van der Waals surface area contributed by atoms with Gasteiger partial charge in [-0.2, -0.15) is 0 Å². The minimum Gasteiger partial charge on any atom is -0.348 e. The van der Waals surface area contributed by atoms with Gasteiger partial charge in [0, 0.05) is 5.56 Å². The summed E-state index contributed by atoms with van der Waals surface area (Å²) >= 11 is 1.42. The first-order chi connectivity index (χ1) is 11.5. The molecule has 1 aromatic carbocycles. The Bertz CT molecular complexity index is 693. The SMILES string of the molecule is CC(C)[C@H](N)C(=O)NCC(=O)NCc1nnc(-c2ccccc2)s1.Cl. The van der Waals surface area contributed by atoms with Gasteiger partial charge in [0.25, 0.3) is 0 Å². The summed E-state index contributed by atoms with van der Waals surface area (Å²) in [5.41, 5.74) is 6.70. The Kier molecular flexibility index (Phi) is 8.47. The number of aromatic nitrogens is 2. The largest absolute Gasteiger partial charge is 0.348 e. The number of nitrogens with zero attached hydrogens (tertiary/aromatic N) is 2. The van der Waals surface area contributed by atoms with Crippen molar-refractivity contribution >= 4 is 35.6 Å². The Morgan fingerprint density at radius 2 is 1.84 bits per heavy atom. The molecule has 1 heterocycles. The van der Waals surface area contributed by atoms with E-state index in [2.05, 4.69) is 20.8 Å². The lowest BCUT2D eigenvalue weighted by molar-refractivity contribution is -0.127. The molecule has 0 saturated carbocycles. The third-order valence-corrected chi connectivity index (χ3v) is 4.34. The van der Waals surface area contributed by atoms with E-state index in [0.717, 1.165) is 10.6 Å². The molecule has 0 unspecified atom stereocenters. The lowest BCUT2D eigenvalue weighted by Gasteiger charge is -2.14. The zero-order valence-electron chi connectivity index (χ0n) is 14.1. The van der Waals surface area contributed by atoms with Gasteiger partial charge in [-0.05, 0) is 5.92 Å². The van der Waals surface area contributed by atoms with E-state index in [9.17, 15) is 9.59 Å². The fourth-order valence-electron chi connectivity index (χ4n) is 1.85. The molecule has 2 amide bonds. The topological polar surface area (TPSA) is 110 Å². The van der Waals surface area contributed by atoms with Crippen molar-refractivity contribution in [3.05, 3.63) is 35.3 Å². The van der Waals surface area contributed by atoms with Crippen LogP contribution in [0.5, 0.6) is 0 Å². The summed E-state index contributed by atoms with van der Waals surface area (Å²) in [5.74, 6) is -0.607. The third kappa shape index (κ3) is 6.41. The van der Waals surface area contributed by atoms with E-state index in [1.807, 2.05) is 44.2 Å². The lowest BCUT2D eigenvalue weighted by Crippen LogP contribution is -2.47. The highest BCUT2D eigenvalue weighted by Crippen LogP contribution is 2.22. The number of hydrogen-bond acceptors (Lipinski definition) is 6. The van der Waals surface area contributed by atoms with E-state index in [-0.39, 0.29) is 43.2 Å². The van der Waals surface area contributed by atoms with Gasteiger partial charge in [0.2, 0.25) is 11.8 Å². The van der Waals surface area contributed by atoms with Crippen LogP contribution in [0.4, 0.5) is 0 Å². The molecule has 0 aliphatic heterocycles. The van der Waals surface area contributed by atoms with Crippen molar-refractivity contribution in [3.63, 3.8) is 0 Å². The first-order valence-electron chi connectivity index (χ1n) is 7.65. The van der Waals surface area contributed by atoms with Crippen molar-refractivity contribution in [1.29, 1.82) is 0 Å². The monoisotopic (exact) mass is 383 g/mol. The zero-order chi connectivity index (χ0) is 17.5. The number of carbonyl (C=O) groups is 2. The highest BCUT2D eigenvalue weighted by Gasteiger charge is 2.17. The van der Waals surface area contributed by atoms with Crippen LogP contribution in [-0.2, 0) is 16.1 Å². The van der Waals surface area contributed by atoms with Crippen molar-refractivity contribution in [2.45, 2.75) is 26.4 Å². The summed E-state index contributed by atoms with van der Waals surface area (Å²) in [6.45, 7) is 3.87. The van der Waals surface area contributed by atoms with E-state index in [4.69, 9.17) is 5.73 Å². The number of amides is 2. The van der Waals surface area contributed by atoms with Gasteiger partial charge in [-0.25, -0.2) is 0 Å². The summed E-state index contributed by atoms with van der Waals surface area (Å²) in [6, 6.07) is 9.10. The molecule has 0 bridgehead atoms. The molecule has 0 saturated heterocycles. The van der Waals surface area contributed by atoms with Crippen LogP contribution >= 0.6 is 23.7 Å². The first-order valence-corrected chi connectivity index (χ1v) is 8.47. The highest BCUT2D eigenvalue weighted by atomic mass is 35.5. The van der Waals surface area contributed by atoms with Gasteiger partial charge in [0.1, 0.15) is 10.0 Å². The van der Waals surface area contributed by atoms with E-state index < -0.39 is 6.04 Å². The van der Waals surface area contributed by atoms with Crippen LogP contribution in [0, 0.1) is 5.92 Å². The number of benzene rings is 1. The number of nitrogens with two attached hydrogens (primary N) is 1. The highest BCUT2D eigenvalue weighted by molar-refractivity contribution is 7.14. The van der Waals surface area contributed by atoms with Gasteiger partial charge in [-0.15, -0.1) is 22.6 Å². The van der Waals surface area contributed by atoms with Crippen molar-refractivity contribution < 1.29 is 9.59 Å². The summed E-state index contributed by atoms with van der Waals surface area (Å²) < 4.78 is 0. The van der Waals surface area contributed by atoms with Gasteiger partial charge in [-0.1, -0.05) is 55.5 Å². The molecule has 136 valence electrons. The smallest absolute Gasteiger partial charge is 0.239 e. The fourth-order valence-corrected chi connectivity index (χ4v) is 2.63. The molecule has 7 nitrogen and oxygen atoms in total. The van der Waals surface area contributed by atoms with Crippen LogP contribution in [-0.4, -0.2) is 34.6 Å². The molecule has 25 heavy (non-hydrogen) atoms. The minimum atomic E-state index is -0.616. The van der Waals surface area contributed by atoms with Crippen molar-refractivity contribution in [2.24, 2.45) is 11.7 Å². The Morgan fingerprint density at radius 3 is 2.48 bits per heavy atom. The lowest BCUT2D eigenvalue weighted by atomic mass is 10.1. The summed E-state index contributed by atoms with van der Waals surface area (Å²) in [4.78, 5) is 23.5. The van der Waals surface area contributed by atoms with E-state index >= 15 is 0 Å². The molecule has 0 fully saturated rings. The average Bonchev–Trinajstić information content (AvgIpc) is 3.06. The second-order valence-corrected chi connectivity index (χ2v) is 6.69. The molecule has 0 aliphatic rings. The fraction of sp³-hybridized carbons (Fsp3) is 0.375. The zero-order valence-corrected chi connectivity index (χ0v) is 15.7. The number of carbonyl (C=O) groups excluding carboxylic acids is 2. The molecular weight excluding hydrogens is 362 g/mol. The van der Waals surface area contributed by atoms with Gasteiger partial charge in [-0.3, -0.25) is 9.59 Å². The molecule has 2 aromatic rings. The van der Waals surface area contributed by atoms with E-state index in [1.54, 1.807) is 0 Å². The molecule has 0 aliphatic carbocycles. The number of hydrogen-bond donors (Lipinski definition) is 3. The maximum absolute atomic E-state index is 11.8. The summed E-state index contributed by atoms with van der Waals surface area (Å²) in [5, 5.41) is 14.9. The van der Waals surface area contributed by atoms with Crippen molar-refractivity contribution in [2.75, 3.05) is 6.54 Å². The number of halogens is 1.